The van der Waals surface area contributed by atoms with Crippen LogP contribution in [-0.2, 0) is 6.42 Å². The molecule has 2 heterocycles. The topological polar surface area (TPSA) is 15.3 Å². The Morgan fingerprint density at radius 2 is 2.24 bits per heavy atom. The van der Waals surface area contributed by atoms with Crippen LogP contribution in [-0.4, -0.2) is 31.1 Å². The first-order valence-electron chi connectivity index (χ1n) is 6.49. The van der Waals surface area contributed by atoms with Crippen LogP contribution in [0.4, 0.5) is 0 Å². The van der Waals surface area contributed by atoms with Crippen LogP contribution < -0.4 is 5.32 Å². The number of piperazine rings is 1. The zero-order valence-electron chi connectivity index (χ0n) is 10.6. The molecule has 94 valence electrons. The molecule has 1 N–H and O–H groups in total. The van der Waals surface area contributed by atoms with Gasteiger partial charge < -0.3 is 5.32 Å². The van der Waals surface area contributed by atoms with Crippen LogP contribution in [0.3, 0.4) is 0 Å². The summed E-state index contributed by atoms with van der Waals surface area (Å²) in [6.45, 7) is 10.7. The van der Waals surface area contributed by atoms with Gasteiger partial charge in [0.15, 0.2) is 0 Å². The van der Waals surface area contributed by atoms with Crippen molar-refractivity contribution in [1.29, 1.82) is 0 Å². The molecule has 1 aromatic rings. The predicted octanol–water partition coefficient (Wildman–Crippen LogP) is 2.83. The first-order chi connectivity index (χ1) is 8.35. The van der Waals surface area contributed by atoms with Gasteiger partial charge in [-0.2, -0.15) is 0 Å². The zero-order valence-corrected chi connectivity index (χ0v) is 11.4. The normalized spacial score (nSPS) is 19.1. The van der Waals surface area contributed by atoms with Crippen LogP contribution >= 0.6 is 11.3 Å². The molecular weight excluding hydrogens is 228 g/mol. The Kier molecular flexibility index (Phi) is 4.77. The smallest absolute Gasteiger partial charge is 0.0476 e. The average molecular weight is 250 g/mol. The molecule has 0 unspecified atom stereocenters. The fraction of sp³-hybridized carbons (Fsp3) is 0.571. The van der Waals surface area contributed by atoms with E-state index in [0.29, 0.717) is 6.04 Å². The number of hydrogen-bond acceptors (Lipinski definition) is 3. The van der Waals surface area contributed by atoms with Crippen LogP contribution in [0.2, 0.25) is 0 Å². The Bertz CT molecular complexity index is 353. The van der Waals surface area contributed by atoms with E-state index in [1.165, 1.54) is 9.75 Å². The van der Waals surface area contributed by atoms with Crippen molar-refractivity contribution >= 4 is 11.3 Å². The van der Waals surface area contributed by atoms with E-state index in [-0.39, 0.29) is 0 Å². The number of thiophene rings is 1. The third kappa shape index (κ3) is 3.18. The summed E-state index contributed by atoms with van der Waals surface area (Å²) >= 11 is 1.96. The second kappa shape index (κ2) is 6.34. The number of nitrogens with zero attached hydrogens (tertiary/aromatic N) is 1. The molecule has 0 bridgehead atoms. The minimum absolute atomic E-state index is 0.542. The predicted molar refractivity (Wildman–Crippen MR) is 75.7 cm³/mol. The van der Waals surface area contributed by atoms with Gasteiger partial charge >= 0.3 is 0 Å². The van der Waals surface area contributed by atoms with Crippen molar-refractivity contribution in [3.05, 3.63) is 34.5 Å². The number of rotatable bonds is 5. The van der Waals surface area contributed by atoms with Crippen LogP contribution in [0.15, 0.2) is 24.8 Å². The highest BCUT2D eigenvalue weighted by Gasteiger charge is 2.22. The molecule has 1 atom stereocenters. The monoisotopic (exact) mass is 250 g/mol. The molecule has 1 aromatic heterocycles. The van der Waals surface area contributed by atoms with Crippen LogP contribution in [0.5, 0.6) is 0 Å². The van der Waals surface area contributed by atoms with E-state index in [0.717, 1.165) is 39.0 Å². The third-order valence-electron chi connectivity index (χ3n) is 3.34. The molecule has 3 heteroatoms. The minimum Gasteiger partial charge on any atom is -0.314 e. The highest BCUT2D eigenvalue weighted by molar-refractivity contribution is 7.12. The summed E-state index contributed by atoms with van der Waals surface area (Å²) in [4.78, 5) is 5.58. The molecule has 17 heavy (non-hydrogen) atoms. The lowest BCUT2D eigenvalue weighted by molar-refractivity contribution is 0.177. The molecule has 1 aliphatic rings. The van der Waals surface area contributed by atoms with Crippen molar-refractivity contribution in [3.63, 3.8) is 0 Å². The fourth-order valence-corrected chi connectivity index (χ4v) is 3.46. The fourth-order valence-electron chi connectivity index (χ4n) is 2.36. The van der Waals surface area contributed by atoms with Gasteiger partial charge in [0.25, 0.3) is 0 Å². The van der Waals surface area contributed by atoms with E-state index < -0.39 is 0 Å². The average Bonchev–Trinajstić information content (AvgIpc) is 2.85. The first kappa shape index (κ1) is 12.8. The SMILES string of the molecule is C=CC[C@H](c1ccc(CC)s1)N1CCNCC1. The molecule has 1 saturated heterocycles. The van der Waals surface area contributed by atoms with E-state index in [1.807, 2.05) is 11.3 Å². The lowest BCUT2D eigenvalue weighted by atomic mass is 10.1. The van der Waals surface area contributed by atoms with Gasteiger partial charge in [-0.05, 0) is 25.0 Å². The Labute approximate surface area is 108 Å². The molecule has 0 aliphatic carbocycles. The standard InChI is InChI=1S/C14H22N2S/c1-3-5-13(16-10-8-15-9-11-16)14-7-6-12(4-2)17-14/h3,6-7,13,15H,1,4-5,8-11H2,2H3/t13-/m1/s1. The van der Waals surface area contributed by atoms with Crippen LogP contribution in [0.1, 0.15) is 29.1 Å². The lowest BCUT2D eigenvalue weighted by Gasteiger charge is -2.34. The quantitative estimate of drug-likeness (QED) is 0.808. The summed E-state index contributed by atoms with van der Waals surface area (Å²) in [6, 6.07) is 5.12. The summed E-state index contributed by atoms with van der Waals surface area (Å²) in [5, 5.41) is 3.42. The van der Waals surface area contributed by atoms with E-state index in [9.17, 15) is 0 Å². The van der Waals surface area contributed by atoms with E-state index in [4.69, 9.17) is 0 Å². The van der Waals surface area contributed by atoms with Gasteiger partial charge in [-0.15, -0.1) is 17.9 Å². The number of nitrogens with one attached hydrogen (secondary N) is 1. The van der Waals surface area contributed by atoms with Gasteiger partial charge in [-0.3, -0.25) is 4.90 Å². The van der Waals surface area contributed by atoms with E-state index in [1.54, 1.807) is 0 Å². The highest BCUT2D eigenvalue weighted by Crippen LogP contribution is 2.31. The summed E-state index contributed by atoms with van der Waals surface area (Å²) in [5.74, 6) is 0. The van der Waals surface area contributed by atoms with Gasteiger partial charge in [0, 0.05) is 42.0 Å². The Balaban J connectivity index is 2.11. The van der Waals surface area contributed by atoms with Gasteiger partial charge in [0.1, 0.15) is 0 Å². The van der Waals surface area contributed by atoms with Crippen molar-refractivity contribution in [3.8, 4) is 0 Å². The molecule has 1 aliphatic heterocycles. The second-order valence-corrected chi connectivity index (χ2v) is 5.68. The summed E-state index contributed by atoms with van der Waals surface area (Å²) < 4.78 is 0. The molecule has 2 rings (SSSR count). The second-order valence-electron chi connectivity index (χ2n) is 4.48. The molecule has 0 radical (unpaired) electrons. The van der Waals surface area contributed by atoms with Crippen molar-refractivity contribution in [2.24, 2.45) is 0 Å². The minimum atomic E-state index is 0.542. The first-order valence-corrected chi connectivity index (χ1v) is 7.31. The van der Waals surface area contributed by atoms with Crippen molar-refractivity contribution < 1.29 is 0 Å². The number of aryl methyl sites for hydroxylation is 1. The molecule has 0 spiro atoms. The van der Waals surface area contributed by atoms with Gasteiger partial charge in [0.2, 0.25) is 0 Å². The van der Waals surface area contributed by atoms with Crippen molar-refractivity contribution in [1.82, 2.24) is 10.2 Å². The van der Waals surface area contributed by atoms with Crippen molar-refractivity contribution in [2.75, 3.05) is 26.2 Å². The molecule has 0 aromatic carbocycles. The summed E-state index contributed by atoms with van der Waals surface area (Å²) in [5.41, 5.74) is 0. The van der Waals surface area contributed by atoms with Crippen LogP contribution in [0, 0.1) is 0 Å². The maximum Gasteiger partial charge on any atom is 0.0476 e. The largest absolute Gasteiger partial charge is 0.314 e. The van der Waals surface area contributed by atoms with Gasteiger partial charge in [-0.25, -0.2) is 0 Å². The Hall–Kier alpha value is -0.640. The molecule has 2 nitrogen and oxygen atoms in total. The van der Waals surface area contributed by atoms with E-state index >= 15 is 0 Å². The van der Waals surface area contributed by atoms with E-state index in [2.05, 4.69) is 41.9 Å². The third-order valence-corrected chi connectivity index (χ3v) is 4.67. The molecule has 0 saturated carbocycles. The maximum atomic E-state index is 3.91. The molecule has 0 amide bonds. The van der Waals surface area contributed by atoms with Gasteiger partial charge in [0.05, 0.1) is 0 Å². The highest BCUT2D eigenvalue weighted by atomic mass is 32.1. The summed E-state index contributed by atoms with van der Waals surface area (Å²) in [6.07, 6.45) is 4.26. The zero-order chi connectivity index (χ0) is 12.1. The van der Waals surface area contributed by atoms with Crippen molar-refractivity contribution in [2.45, 2.75) is 25.8 Å². The van der Waals surface area contributed by atoms with Gasteiger partial charge in [-0.1, -0.05) is 13.0 Å². The van der Waals surface area contributed by atoms with Crippen LogP contribution in [0.25, 0.3) is 0 Å². The molecular formula is C14H22N2S. The summed E-state index contributed by atoms with van der Waals surface area (Å²) in [7, 11) is 0. The Morgan fingerprint density at radius 3 is 2.82 bits per heavy atom. The lowest BCUT2D eigenvalue weighted by Crippen LogP contribution is -2.44. The molecule has 1 fully saturated rings. The Morgan fingerprint density at radius 1 is 1.47 bits per heavy atom. The number of hydrogen-bond donors (Lipinski definition) is 1. The maximum absolute atomic E-state index is 3.91.